The standard InChI is InChI=1S/C19H30N4O2/c1-20-19(21-11-9-18(24)22(2)3)23-12-10-17(13-23)15-25-14-16-7-5-4-6-8-16/h4-8,17H,9-15H2,1-3H3,(H,20,21). The number of nitrogens with one attached hydrogen (secondary N) is 1. The van der Waals surface area contributed by atoms with Crippen LogP contribution in [-0.2, 0) is 16.1 Å². The van der Waals surface area contributed by atoms with Crippen molar-refractivity contribution >= 4 is 11.9 Å². The van der Waals surface area contributed by atoms with E-state index in [0.717, 1.165) is 32.1 Å². The van der Waals surface area contributed by atoms with Crippen LogP contribution >= 0.6 is 0 Å². The molecule has 1 aliphatic heterocycles. The summed E-state index contributed by atoms with van der Waals surface area (Å²) in [6, 6.07) is 10.3. The largest absolute Gasteiger partial charge is 0.376 e. The molecule has 0 aromatic heterocycles. The average Bonchev–Trinajstić information content (AvgIpc) is 3.08. The molecule has 0 aliphatic carbocycles. The third-order valence-electron chi connectivity index (χ3n) is 4.38. The van der Waals surface area contributed by atoms with Crippen molar-refractivity contribution in [2.45, 2.75) is 19.4 Å². The van der Waals surface area contributed by atoms with Gasteiger partial charge in [-0.05, 0) is 12.0 Å². The van der Waals surface area contributed by atoms with Crippen molar-refractivity contribution in [3.8, 4) is 0 Å². The van der Waals surface area contributed by atoms with Gasteiger partial charge in [-0.1, -0.05) is 30.3 Å². The number of carbonyl (C=O) groups is 1. The molecule has 6 nitrogen and oxygen atoms in total. The fraction of sp³-hybridized carbons (Fsp3) is 0.579. The Kier molecular flexibility index (Phi) is 7.73. The van der Waals surface area contributed by atoms with Gasteiger partial charge in [0.05, 0.1) is 13.2 Å². The maximum absolute atomic E-state index is 11.6. The van der Waals surface area contributed by atoms with Gasteiger partial charge in [-0.15, -0.1) is 0 Å². The highest BCUT2D eigenvalue weighted by Crippen LogP contribution is 2.17. The first kappa shape index (κ1) is 19.2. The number of carbonyl (C=O) groups excluding carboxylic acids is 1. The van der Waals surface area contributed by atoms with Gasteiger partial charge in [-0.3, -0.25) is 9.79 Å². The number of guanidine groups is 1. The van der Waals surface area contributed by atoms with Gasteiger partial charge in [-0.2, -0.15) is 0 Å². The van der Waals surface area contributed by atoms with Crippen molar-refractivity contribution in [1.29, 1.82) is 0 Å². The first-order valence-corrected chi connectivity index (χ1v) is 8.87. The van der Waals surface area contributed by atoms with Crippen LogP contribution in [0.1, 0.15) is 18.4 Å². The van der Waals surface area contributed by atoms with Crippen molar-refractivity contribution in [2.75, 3.05) is 47.4 Å². The maximum atomic E-state index is 11.6. The Morgan fingerprint density at radius 2 is 2.12 bits per heavy atom. The van der Waals surface area contributed by atoms with E-state index in [9.17, 15) is 4.79 Å². The van der Waals surface area contributed by atoms with Crippen LogP contribution in [0.5, 0.6) is 0 Å². The molecule has 1 amide bonds. The molecule has 1 saturated heterocycles. The lowest BCUT2D eigenvalue weighted by Crippen LogP contribution is -2.41. The summed E-state index contributed by atoms with van der Waals surface area (Å²) >= 11 is 0. The van der Waals surface area contributed by atoms with Gasteiger partial charge in [0.1, 0.15) is 0 Å². The summed E-state index contributed by atoms with van der Waals surface area (Å²) in [5, 5.41) is 3.29. The van der Waals surface area contributed by atoms with Crippen LogP contribution in [0, 0.1) is 5.92 Å². The van der Waals surface area contributed by atoms with E-state index < -0.39 is 0 Å². The molecule has 1 atom stereocenters. The van der Waals surface area contributed by atoms with Crippen LogP contribution in [0.4, 0.5) is 0 Å². The lowest BCUT2D eigenvalue weighted by atomic mass is 10.1. The van der Waals surface area contributed by atoms with Crippen LogP contribution in [0.25, 0.3) is 0 Å². The van der Waals surface area contributed by atoms with Gasteiger partial charge in [-0.25, -0.2) is 0 Å². The smallest absolute Gasteiger partial charge is 0.223 e. The number of nitrogens with zero attached hydrogens (tertiary/aromatic N) is 3. The topological polar surface area (TPSA) is 57.2 Å². The molecule has 6 heteroatoms. The molecule has 0 saturated carbocycles. The van der Waals surface area contributed by atoms with Crippen molar-refractivity contribution in [3.05, 3.63) is 35.9 Å². The minimum Gasteiger partial charge on any atom is -0.376 e. The molecule has 1 fully saturated rings. The predicted molar refractivity (Wildman–Crippen MR) is 100 cm³/mol. The molecule has 1 unspecified atom stereocenters. The first-order valence-electron chi connectivity index (χ1n) is 8.87. The molecular weight excluding hydrogens is 316 g/mol. The second kappa shape index (κ2) is 10.0. The van der Waals surface area contributed by atoms with Crippen LogP contribution in [-0.4, -0.2) is 69.1 Å². The number of aliphatic imine (C=N–C) groups is 1. The van der Waals surface area contributed by atoms with E-state index in [2.05, 4.69) is 27.3 Å². The van der Waals surface area contributed by atoms with Gasteiger partial charge in [0.2, 0.25) is 5.91 Å². The first-order chi connectivity index (χ1) is 12.1. The normalized spacial score (nSPS) is 17.6. The van der Waals surface area contributed by atoms with Gasteiger partial charge >= 0.3 is 0 Å². The van der Waals surface area contributed by atoms with Crippen LogP contribution in [0.2, 0.25) is 0 Å². The number of benzene rings is 1. The molecule has 0 bridgehead atoms. The van der Waals surface area contributed by atoms with Crippen LogP contribution < -0.4 is 5.32 Å². The van der Waals surface area contributed by atoms with Crippen LogP contribution in [0.3, 0.4) is 0 Å². The summed E-state index contributed by atoms with van der Waals surface area (Å²) in [5.74, 6) is 1.51. The van der Waals surface area contributed by atoms with Gasteiger partial charge in [0, 0.05) is 53.1 Å². The summed E-state index contributed by atoms with van der Waals surface area (Å²) in [6.45, 7) is 3.95. The van der Waals surface area contributed by atoms with Crippen molar-refractivity contribution in [3.63, 3.8) is 0 Å². The van der Waals surface area contributed by atoms with E-state index in [-0.39, 0.29) is 5.91 Å². The van der Waals surface area contributed by atoms with Gasteiger partial charge in [0.25, 0.3) is 0 Å². The predicted octanol–water partition coefficient (Wildman–Crippen LogP) is 1.58. The molecule has 1 N–H and O–H groups in total. The van der Waals surface area contributed by atoms with Gasteiger partial charge < -0.3 is 19.9 Å². The van der Waals surface area contributed by atoms with E-state index in [0.29, 0.717) is 25.5 Å². The highest BCUT2D eigenvalue weighted by atomic mass is 16.5. The molecular formula is C19H30N4O2. The second-order valence-electron chi connectivity index (χ2n) is 6.61. The molecule has 1 aromatic rings. The Morgan fingerprint density at radius 3 is 2.80 bits per heavy atom. The number of amides is 1. The summed E-state index contributed by atoms with van der Waals surface area (Å²) in [7, 11) is 5.34. The van der Waals surface area contributed by atoms with Crippen molar-refractivity contribution < 1.29 is 9.53 Å². The SMILES string of the molecule is CN=C(NCCC(=O)N(C)C)N1CCC(COCc2ccccc2)C1. The Labute approximate surface area is 150 Å². The second-order valence-corrected chi connectivity index (χ2v) is 6.61. The molecule has 1 aromatic carbocycles. The van der Waals surface area contributed by atoms with E-state index in [4.69, 9.17) is 4.74 Å². The van der Waals surface area contributed by atoms with E-state index in [1.807, 2.05) is 18.2 Å². The monoisotopic (exact) mass is 346 g/mol. The molecule has 1 aliphatic rings. The summed E-state index contributed by atoms with van der Waals surface area (Å²) in [6.07, 6.45) is 1.58. The summed E-state index contributed by atoms with van der Waals surface area (Å²) in [5.41, 5.74) is 1.21. The molecule has 138 valence electrons. The Hall–Kier alpha value is -2.08. The van der Waals surface area contributed by atoms with E-state index in [1.165, 1.54) is 5.56 Å². The zero-order valence-corrected chi connectivity index (χ0v) is 15.6. The third kappa shape index (κ3) is 6.38. The minimum atomic E-state index is 0.122. The zero-order valence-electron chi connectivity index (χ0n) is 15.6. The quantitative estimate of drug-likeness (QED) is 0.602. The molecule has 0 radical (unpaired) electrons. The lowest BCUT2D eigenvalue weighted by Gasteiger charge is -2.22. The molecule has 2 rings (SSSR count). The van der Waals surface area contributed by atoms with E-state index >= 15 is 0 Å². The third-order valence-corrected chi connectivity index (χ3v) is 4.38. The van der Waals surface area contributed by atoms with E-state index in [1.54, 1.807) is 26.0 Å². The van der Waals surface area contributed by atoms with Gasteiger partial charge in [0.15, 0.2) is 5.96 Å². The zero-order chi connectivity index (χ0) is 18.1. The molecule has 0 spiro atoms. The number of hydrogen-bond donors (Lipinski definition) is 1. The summed E-state index contributed by atoms with van der Waals surface area (Å²) in [4.78, 5) is 19.8. The Morgan fingerprint density at radius 1 is 1.36 bits per heavy atom. The number of rotatable bonds is 7. The lowest BCUT2D eigenvalue weighted by molar-refractivity contribution is -0.128. The Balaban J connectivity index is 1.68. The fourth-order valence-corrected chi connectivity index (χ4v) is 2.92. The minimum absolute atomic E-state index is 0.122. The number of ether oxygens (including phenoxy) is 1. The number of hydrogen-bond acceptors (Lipinski definition) is 3. The summed E-state index contributed by atoms with van der Waals surface area (Å²) < 4.78 is 5.87. The molecule has 25 heavy (non-hydrogen) atoms. The average molecular weight is 346 g/mol. The fourth-order valence-electron chi connectivity index (χ4n) is 2.92. The number of likely N-dealkylation sites (tertiary alicyclic amines) is 1. The van der Waals surface area contributed by atoms with Crippen molar-refractivity contribution in [2.24, 2.45) is 10.9 Å². The molecule has 1 heterocycles. The maximum Gasteiger partial charge on any atom is 0.223 e. The van der Waals surface area contributed by atoms with Crippen LogP contribution in [0.15, 0.2) is 35.3 Å². The highest BCUT2D eigenvalue weighted by molar-refractivity contribution is 5.81. The Bertz CT molecular complexity index is 560. The van der Waals surface area contributed by atoms with Crippen molar-refractivity contribution in [1.82, 2.24) is 15.1 Å². The highest BCUT2D eigenvalue weighted by Gasteiger charge is 2.25.